The fourth-order valence-electron chi connectivity index (χ4n) is 1.57. The third-order valence-corrected chi connectivity index (χ3v) is 2.56. The maximum absolute atomic E-state index is 8.59. The quantitative estimate of drug-likeness (QED) is 0.575. The molecule has 0 aromatic rings. The molecule has 0 saturated carbocycles. The second-order valence-corrected chi connectivity index (χ2v) is 3.40. The normalized spacial score (nSPS) is 13.8. The van der Waals surface area contributed by atoms with Gasteiger partial charge in [0.2, 0.25) is 0 Å². The Morgan fingerprint density at radius 2 is 1.83 bits per heavy atom. The molecule has 2 N–H and O–H groups in total. The number of hydrogen-bond donors (Lipinski definition) is 2. The molecule has 0 radical (unpaired) electrons. The van der Waals surface area contributed by atoms with Crippen molar-refractivity contribution in [3.8, 4) is 0 Å². The lowest BCUT2D eigenvalue weighted by molar-refractivity contribution is 0.275. The Morgan fingerprint density at radius 1 is 1.25 bits per heavy atom. The molecule has 0 fully saturated rings. The van der Waals surface area contributed by atoms with Crippen LogP contribution in [-0.2, 0) is 0 Å². The molecule has 0 aromatic carbocycles. The van der Waals surface area contributed by atoms with Gasteiger partial charge in [0.15, 0.2) is 0 Å². The van der Waals surface area contributed by atoms with Gasteiger partial charge in [0.1, 0.15) is 0 Å². The zero-order valence-electron chi connectivity index (χ0n) is 8.64. The Balaban J connectivity index is 3.47. The Labute approximate surface area is 76.4 Å². The minimum absolute atomic E-state index is 0.294. The molecule has 0 saturated heterocycles. The number of hydrogen-bond acceptors (Lipinski definition) is 2. The number of aliphatic hydroxyl groups is 1. The van der Waals surface area contributed by atoms with Gasteiger partial charge in [0.25, 0.3) is 0 Å². The van der Waals surface area contributed by atoms with Crippen molar-refractivity contribution in [3.63, 3.8) is 0 Å². The molecule has 2 nitrogen and oxygen atoms in total. The Morgan fingerprint density at radius 3 is 2.25 bits per heavy atom. The highest BCUT2D eigenvalue weighted by atomic mass is 16.3. The molecule has 0 aliphatic heterocycles. The minimum atomic E-state index is 0.294. The second kappa shape index (κ2) is 7.56. The molecule has 0 rings (SSSR count). The van der Waals surface area contributed by atoms with Gasteiger partial charge in [-0.05, 0) is 25.8 Å². The molecule has 0 bridgehead atoms. The summed E-state index contributed by atoms with van der Waals surface area (Å²) in [4.78, 5) is 0. The van der Waals surface area contributed by atoms with Gasteiger partial charge in [-0.3, -0.25) is 0 Å². The molecule has 2 heteroatoms. The third kappa shape index (κ3) is 4.73. The van der Waals surface area contributed by atoms with E-state index >= 15 is 0 Å². The third-order valence-electron chi connectivity index (χ3n) is 2.56. The van der Waals surface area contributed by atoms with E-state index < -0.39 is 0 Å². The van der Waals surface area contributed by atoms with Crippen molar-refractivity contribution in [1.29, 1.82) is 0 Å². The molecule has 0 aliphatic carbocycles. The maximum Gasteiger partial charge on any atom is 0.0443 e. The highest BCUT2D eigenvalue weighted by Gasteiger charge is 2.11. The average molecular weight is 173 g/mol. The van der Waals surface area contributed by atoms with Crippen molar-refractivity contribution in [2.45, 2.75) is 46.1 Å². The van der Waals surface area contributed by atoms with Crippen LogP contribution < -0.4 is 5.32 Å². The summed E-state index contributed by atoms with van der Waals surface area (Å²) >= 11 is 0. The summed E-state index contributed by atoms with van der Waals surface area (Å²) in [5.74, 6) is 0.781. The van der Waals surface area contributed by atoms with Gasteiger partial charge in [-0.2, -0.15) is 0 Å². The lowest BCUT2D eigenvalue weighted by atomic mass is 9.95. The molecule has 0 aliphatic rings. The average Bonchev–Trinajstić information content (AvgIpc) is 2.07. The SMILES string of the molecule is CCC(CC)C(C)NCCCO. The van der Waals surface area contributed by atoms with Crippen LogP contribution in [0.2, 0.25) is 0 Å². The van der Waals surface area contributed by atoms with Gasteiger partial charge < -0.3 is 10.4 Å². The standard InChI is InChI=1S/C10H23NO/c1-4-10(5-2)9(3)11-7-6-8-12/h9-12H,4-8H2,1-3H3. The zero-order chi connectivity index (χ0) is 9.40. The Hall–Kier alpha value is -0.0800. The summed E-state index contributed by atoms with van der Waals surface area (Å²) in [6.45, 7) is 7.93. The molecule has 1 atom stereocenters. The van der Waals surface area contributed by atoms with Crippen LogP contribution in [0.25, 0.3) is 0 Å². The highest BCUT2D eigenvalue weighted by Crippen LogP contribution is 2.12. The van der Waals surface area contributed by atoms with E-state index in [9.17, 15) is 0 Å². The molecule has 12 heavy (non-hydrogen) atoms. The smallest absolute Gasteiger partial charge is 0.0443 e. The van der Waals surface area contributed by atoms with E-state index in [2.05, 4.69) is 26.1 Å². The number of aliphatic hydroxyl groups excluding tert-OH is 1. The van der Waals surface area contributed by atoms with Gasteiger partial charge in [-0.1, -0.05) is 26.7 Å². The number of nitrogens with one attached hydrogen (secondary N) is 1. The first-order valence-corrected chi connectivity index (χ1v) is 5.10. The van der Waals surface area contributed by atoms with E-state index in [-0.39, 0.29) is 0 Å². The summed E-state index contributed by atoms with van der Waals surface area (Å²) in [6.07, 6.45) is 3.35. The minimum Gasteiger partial charge on any atom is -0.396 e. The molecule has 74 valence electrons. The zero-order valence-corrected chi connectivity index (χ0v) is 8.64. The van der Waals surface area contributed by atoms with Crippen LogP contribution in [0.3, 0.4) is 0 Å². The van der Waals surface area contributed by atoms with Gasteiger partial charge in [-0.15, -0.1) is 0 Å². The molecule has 0 amide bonds. The van der Waals surface area contributed by atoms with Gasteiger partial charge in [-0.25, -0.2) is 0 Å². The van der Waals surface area contributed by atoms with Gasteiger partial charge >= 0.3 is 0 Å². The topological polar surface area (TPSA) is 32.3 Å². The van der Waals surface area contributed by atoms with E-state index in [1.807, 2.05) is 0 Å². The van der Waals surface area contributed by atoms with E-state index in [0.29, 0.717) is 12.6 Å². The van der Waals surface area contributed by atoms with Crippen molar-refractivity contribution in [3.05, 3.63) is 0 Å². The molecular formula is C10H23NO. The Kier molecular flexibility index (Phi) is 7.51. The van der Waals surface area contributed by atoms with E-state index in [0.717, 1.165) is 18.9 Å². The van der Waals surface area contributed by atoms with Crippen molar-refractivity contribution < 1.29 is 5.11 Å². The monoisotopic (exact) mass is 173 g/mol. The molecule has 0 aromatic heterocycles. The molecule has 1 unspecified atom stereocenters. The fourth-order valence-corrected chi connectivity index (χ4v) is 1.57. The predicted molar refractivity (Wildman–Crippen MR) is 53.2 cm³/mol. The van der Waals surface area contributed by atoms with Crippen LogP contribution in [0, 0.1) is 5.92 Å². The molecular weight excluding hydrogens is 150 g/mol. The first-order valence-electron chi connectivity index (χ1n) is 5.10. The summed E-state index contributed by atoms with van der Waals surface area (Å²) < 4.78 is 0. The number of rotatable bonds is 7. The van der Waals surface area contributed by atoms with Crippen LogP contribution in [0.15, 0.2) is 0 Å². The van der Waals surface area contributed by atoms with E-state index in [4.69, 9.17) is 5.11 Å². The molecule has 0 spiro atoms. The summed E-state index contributed by atoms with van der Waals surface area (Å²) in [7, 11) is 0. The summed E-state index contributed by atoms with van der Waals surface area (Å²) in [6, 6.07) is 0.589. The van der Waals surface area contributed by atoms with Crippen molar-refractivity contribution >= 4 is 0 Å². The predicted octanol–water partition coefficient (Wildman–Crippen LogP) is 1.78. The van der Waals surface area contributed by atoms with E-state index in [1.54, 1.807) is 0 Å². The van der Waals surface area contributed by atoms with Crippen LogP contribution >= 0.6 is 0 Å². The lowest BCUT2D eigenvalue weighted by Gasteiger charge is -2.22. The first-order chi connectivity index (χ1) is 5.76. The maximum atomic E-state index is 8.59. The van der Waals surface area contributed by atoms with Crippen molar-refractivity contribution in [1.82, 2.24) is 5.32 Å². The first kappa shape index (κ1) is 11.9. The van der Waals surface area contributed by atoms with Crippen LogP contribution in [-0.4, -0.2) is 24.3 Å². The van der Waals surface area contributed by atoms with E-state index in [1.165, 1.54) is 12.8 Å². The van der Waals surface area contributed by atoms with Crippen molar-refractivity contribution in [2.75, 3.05) is 13.2 Å². The van der Waals surface area contributed by atoms with Gasteiger partial charge in [0, 0.05) is 12.6 Å². The Bertz CT molecular complexity index is 91.8. The fraction of sp³-hybridized carbons (Fsp3) is 1.00. The van der Waals surface area contributed by atoms with Crippen LogP contribution in [0.5, 0.6) is 0 Å². The summed E-state index contributed by atoms with van der Waals surface area (Å²) in [5.41, 5.74) is 0. The highest BCUT2D eigenvalue weighted by molar-refractivity contribution is 4.69. The molecule has 0 heterocycles. The van der Waals surface area contributed by atoms with Crippen molar-refractivity contribution in [2.24, 2.45) is 5.92 Å². The van der Waals surface area contributed by atoms with Crippen LogP contribution in [0.1, 0.15) is 40.0 Å². The largest absolute Gasteiger partial charge is 0.396 e. The summed E-state index contributed by atoms with van der Waals surface area (Å²) in [5, 5.41) is 12.0. The second-order valence-electron chi connectivity index (χ2n) is 3.40. The van der Waals surface area contributed by atoms with Crippen LogP contribution in [0.4, 0.5) is 0 Å². The lowest BCUT2D eigenvalue weighted by Crippen LogP contribution is -2.33. The van der Waals surface area contributed by atoms with Gasteiger partial charge in [0.05, 0.1) is 0 Å².